The van der Waals surface area contributed by atoms with E-state index in [4.69, 9.17) is 4.52 Å². The van der Waals surface area contributed by atoms with Gasteiger partial charge in [0.2, 0.25) is 11.7 Å². The maximum absolute atomic E-state index is 13.1. The Morgan fingerprint density at radius 2 is 2.08 bits per heavy atom. The summed E-state index contributed by atoms with van der Waals surface area (Å²) in [6, 6.07) is 9.95. The summed E-state index contributed by atoms with van der Waals surface area (Å²) in [5.41, 5.74) is 1.98. The molecule has 0 saturated carbocycles. The fourth-order valence-corrected chi connectivity index (χ4v) is 2.69. The molecular formula is C19H15FN4O. The van der Waals surface area contributed by atoms with Crippen molar-refractivity contribution in [2.24, 2.45) is 0 Å². The first-order valence-corrected chi connectivity index (χ1v) is 8.09. The van der Waals surface area contributed by atoms with E-state index in [0.717, 1.165) is 24.9 Å². The minimum absolute atomic E-state index is 0.137. The van der Waals surface area contributed by atoms with Gasteiger partial charge in [0.1, 0.15) is 11.5 Å². The van der Waals surface area contributed by atoms with Gasteiger partial charge in [-0.25, -0.2) is 4.39 Å². The Hall–Kier alpha value is -3.04. The molecule has 1 aliphatic heterocycles. The normalized spacial score (nSPS) is 16.4. The van der Waals surface area contributed by atoms with E-state index < -0.39 is 0 Å². The van der Waals surface area contributed by atoms with Crippen molar-refractivity contribution in [3.63, 3.8) is 0 Å². The third kappa shape index (κ3) is 3.57. The average molecular weight is 334 g/mol. The lowest BCUT2D eigenvalue weighted by Crippen LogP contribution is -2.12. The van der Waals surface area contributed by atoms with E-state index >= 15 is 0 Å². The highest BCUT2D eigenvalue weighted by molar-refractivity contribution is 5.51. The maximum Gasteiger partial charge on any atom is 0.244 e. The molecule has 25 heavy (non-hydrogen) atoms. The van der Waals surface area contributed by atoms with Crippen LogP contribution in [0.4, 0.5) is 4.39 Å². The molecule has 1 fully saturated rings. The first-order chi connectivity index (χ1) is 12.3. The van der Waals surface area contributed by atoms with Gasteiger partial charge in [0.15, 0.2) is 0 Å². The van der Waals surface area contributed by atoms with Gasteiger partial charge in [0, 0.05) is 17.3 Å². The van der Waals surface area contributed by atoms with Crippen LogP contribution >= 0.6 is 0 Å². The molecular weight excluding hydrogens is 319 g/mol. The minimum atomic E-state index is -0.301. The lowest BCUT2D eigenvalue weighted by Gasteiger charge is -2.01. The molecule has 0 radical (unpaired) electrons. The second kappa shape index (κ2) is 6.83. The van der Waals surface area contributed by atoms with E-state index in [1.807, 2.05) is 6.07 Å². The topological polar surface area (TPSA) is 63.8 Å². The molecule has 1 N–H and O–H groups in total. The molecule has 0 spiro atoms. The van der Waals surface area contributed by atoms with Crippen molar-refractivity contribution in [3.8, 4) is 23.4 Å². The standard InChI is InChI=1S/C19H15FN4O/c20-15-4-1-3-13(11-15)6-7-14-8-9-16(22-12-14)18-23-19(25-24-18)17-5-2-10-21-17/h1,3-4,8-9,11-12,17,21H,2,5,10H2/t17-/m0/s1. The number of hydrogen-bond acceptors (Lipinski definition) is 5. The van der Waals surface area contributed by atoms with Gasteiger partial charge in [0.05, 0.1) is 6.04 Å². The molecule has 5 nitrogen and oxygen atoms in total. The molecule has 4 rings (SSSR count). The Balaban J connectivity index is 1.50. The van der Waals surface area contributed by atoms with Crippen molar-refractivity contribution in [2.45, 2.75) is 18.9 Å². The summed E-state index contributed by atoms with van der Waals surface area (Å²) < 4.78 is 18.5. The maximum atomic E-state index is 13.1. The summed E-state index contributed by atoms with van der Waals surface area (Å²) in [5.74, 6) is 6.64. The number of benzene rings is 1. The number of nitrogens with zero attached hydrogens (tertiary/aromatic N) is 3. The molecule has 6 heteroatoms. The van der Waals surface area contributed by atoms with E-state index in [0.29, 0.717) is 23.0 Å². The Labute approximate surface area is 144 Å². The molecule has 2 aromatic heterocycles. The quantitative estimate of drug-likeness (QED) is 0.730. The van der Waals surface area contributed by atoms with Gasteiger partial charge in [-0.1, -0.05) is 23.1 Å². The van der Waals surface area contributed by atoms with Crippen LogP contribution in [-0.4, -0.2) is 21.7 Å². The molecule has 3 aromatic rings. The van der Waals surface area contributed by atoms with Gasteiger partial charge in [-0.05, 0) is 49.7 Å². The van der Waals surface area contributed by atoms with Gasteiger partial charge >= 0.3 is 0 Å². The van der Waals surface area contributed by atoms with Crippen LogP contribution in [0.25, 0.3) is 11.5 Å². The smallest absolute Gasteiger partial charge is 0.244 e. The summed E-state index contributed by atoms with van der Waals surface area (Å²) in [5, 5.41) is 7.32. The third-order valence-electron chi connectivity index (χ3n) is 3.97. The van der Waals surface area contributed by atoms with E-state index in [9.17, 15) is 4.39 Å². The van der Waals surface area contributed by atoms with Crippen LogP contribution in [0.5, 0.6) is 0 Å². The van der Waals surface area contributed by atoms with Crippen molar-refractivity contribution in [1.82, 2.24) is 20.4 Å². The highest BCUT2D eigenvalue weighted by Gasteiger charge is 2.22. The first kappa shape index (κ1) is 15.5. The van der Waals surface area contributed by atoms with Crippen molar-refractivity contribution in [2.75, 3.05) is 6.54 Å². The van der Waals surface area contributed by atoms with Gasteiger partial charge < -0.3 is 9.84 Å². The van der Waals surface area contributed by atoms with Crippen LogP contribution < -0.4 is 5.32 Å². The summed E-state index contributed by atoms with van der Waals surface area (Å²) in [4.78, 5) is 8.75. The molecule has 0 aliphatic carbocycles. The van der Waals surface area contributed by atoms with Crippen LogP contribution in [0.15, 0.2) is 47.1 Å². The highest BCUT2D eigenvalue weighted by Crippen LogP contribution is 2.23. The van der Waals surface area contributed by atoms with Crippen molar-refractivity contribution in [1.29, 1.82) is 0 Å². The number of halogens is 1. The van der Waals surface area contributed by atoms with Gasteiger partial charge in [-0.15, -0.1) is 0 Å². The second-order valence-electron chi connectivity index (χ2n) is 5.80. The van der Waals surface area contributed by atoms with Crippen molar-refractivity contribution in [3.05, 3.63) is 65.4 Å². The predicted octanol–water partition coefficient (Wildman–Crippen LogP) is 3.10. The lowest BCUT2D eigenvalue weighted by molar-refractivity contribution is 0.345. The van der Waals surface area contributed by atoms with Crippen LogP contribution in [0.3, 0.4) is 0 Å². The molecule has 1 aliphatic rings. The second-order valence-corrected chi connectivity index (χ2v) is 5.80. The molecule has 3 heterocycles. The van der Waals surface area contributed by atoms with Crippen molar-refractivity contribution >= 4 is 0 Å². The Morgan fingerprint density at radius 3 is 2.84 bits per heavy atom. The van der Waals surface area contributed by atoms with Crippen LogP contribution in [0.1, 0.15) is 35.9 Å². The van der Waals surface area contributed by atoms with Crippen LogP contribution in [0.2, 0.25) is 0 Å². The zero-order valence-corrected chi connectivity index (χ0v) is 13.4. The highest BCUT2D eigenvalue weighted by atomic mass is 19.1. The number of nitrogens with one attached hydrogen (secondary N) is 1. The van der Waals surface area contributed by atoms with Crippen LogP contribution in [-0.2, 0) is 0 Å². The molecule has 1 aromatic carbocycles. The monoisotopic (exact) mass is 334 g/mol. The molecule has 0 bridgehead atoms. The summed E-state index contributed by atoms with van der Waals surface area (Å²) >= 11 is 0. The SMILES string of the molecule is Fc1cccc(C#Cc2ccc(-c3noc([C@@H]4CCCN4)n3)nc2)c1. The van der Waals surface area contributed by atoms with Crippen molar-refractivity contribution < 1.29 is 8.91 Å². The summed E-state index contributed by atoms with van der Waals surface area (Å²) in [6.07, 6.45) is 3.76. The fourth-order valence-electron chi connectivity index (χ4n) is 2.69. The molecule has 124 valence electrons. The van der Waals surface area contributed by atoms with E-state index in [-0.39, 0.29) is 11.9 Å². The van der Waals surface area contributed by atoms with E-state index in [1.54, 1.807) is 24.4 Å². The summed E-state index contributed by atoms with van der Waals surface area (Å²) in [7, 11) is 0. The molecule has 1 atom stereocenters. The Morgan fingerprint density at radius 1 is 1.16 bits per heavy atom. The zero-order valence-electron chi connectivity index (χ0n) is 13.4. The van der Waals surface area contributed by atoms with Gasteiger partial charge in [0.25, 0.3) is 0 Å². The number of aromatic nitrogens is 3. The zero-order chi connectivity index (χ0) is 17.1. The predicted molar refractivity (Wildman–Crippen MR) is 89.9 cm³/mol. The molecule has 0 unspecified atom stereocenters. The average Bonchev–Trinajstić information content (AvgIpc) is 3.32. The minimum Gasteiger partial charge on any atom is -0.337 e. The number of pyridine rings is 1. The van der Waals surface area contributed by atoms with Gasteiger partial charge in [-0.2, -0.15) is 4.98 Å². The number of hydrogen-bond donors (Lipinski definition) is 1. The lowest BCUT2D eigenvalue weighted by atomic mass is 10.2. The van der Waals surface area contributed by atoms with E-state index in [2.05, 4.69) is 32.3 Å². The Bertz CT molecular complexity index is 934. The Kier molecular flexibility index (Phi) is 4.23. The summed E-state index contributed by atoms with van der Waals surface area (Å²) in [6.45, 7) is 0.972. The first-order valence-electron chi connectivity index (χ1n) is 8.09. The molecule has 1 saturated heterocycles. The number of rotatable bonds is 2. The van der Waals surface area contributed by atoms with E-state index in [1.165, 1.54) is 12.1 Å². The fraction of sp³-hybridized carbons (Fsp3) is 0.211. The third-order valence-corrected chi connectivity index (χ3v) is 3.97. The largest absolute Gasteiger partial charge is 0.337 e. The van der Waals surface area contributed by atoms with Gasteiger partial charge in [-0.3, -0.25) is 4.98 Å². The van der Waals surface area contributed by atoms with Crippen LogP contribution in [0, 0.1) is 17.7 Å². The molecule has 0 amide bonds.